The van der Waals surface area contributed by atoms with E-state index < -0.39 is 17.6 Å². The highest BCUT2D eigenvalue weighted by Gasteiger charge is 2.34. The highest BCUT2D eigenvalue weighted by molar-refractivity contribution is 5.95. The van der Waals surface area contributed by atoms with E-state index in [0.29, 0.717) is 43.9 Å². The zero-order chi connectivity index (χ0) is 24.2. The lowest BCUT2D eigenvalue weighted by Gasteiger charge is -2.35. The molecule has 1 aromatic heterocycles. The molecule has 1 saturated carbocycles. The number of amides is 2. The molecule has 0 bridgehead atoms. The second-order valence-electron chi connectivity index (χ2n) is 8.37. The van der Waals surface area contributed by atoms with Crippen molar-refractivity contribution >= 4 is 17.6 Å². The monoisotopic (exact) mass is 466 g/mol. The minimum atomic E-state index is -4.52. The molecule has 1 aliphatic rings. The van der Waals surface area contributed by atoms with Gasteiger partial charge in [0.25, 0.3) is 5.91 Å². The van der Waals surface area contributed by atoms with Crippen LogP contribution in [0.25, 0.3) is 0 Å². The summed E-state index contributed by atoms with van der Waals surface area (Å²) < 4.78 is 46.0. The van der Waals surface area contributed by atoms with Crippen molar-refractivity contribution in [2.24, 2.45) is 5.92 Å². The van der Waals surface area contributed by atoms with Crippen molar-refractivity contribution in [3.8, 4) is 0 Å². The fraction of sp³-hybridized carbons (Fsp3) is 0.522. The molecule has 0 unspecified atom stereocenters. The summed E-state index contributed by atoms with van der Waals surface area (Å²) in [6.07, 6.45) is -0.315. The first-order chi connectivity index (χ1) is 15.6. The van der Waals surface area contributed by atoms with Gasteiger partial charge in [0.05, 0.1) is 24.2 Å². The Labute approximate surface area is 190 Å². The molecule has 10 heteroatoms. The fourth-order valence-electron chi connectivity index (χ4n) is 4.18. The molecule has 3 rings (SSSR count). The quantitative estimate of drug-likeness (QED) is 0.666. The maximum atomic E-state index is 13.0. The van der Waals surface area contributed by atoms with Gasteiger partial charge in [-0.05, 0) is 44.4 Å². The summed E-state index contributed by atoms with van der Waals surface area (Å²) in [7, 11) is 3.18. The first-order valence-corrected chi connectivity index (χ1v) is 10.9. The molecule has 2 atom stereocenters. The minimum absolute atomic E-state index is 0.0171. The SMILES string of the molecule is COCCn1cnc(C)c1NC(=O)[C@@H]1CCC[C@H](N(C)C(=O)c2cccc(C(F)(F)F)c2)C1. The fourth-order valence-corrected chi connectivity index (χ4v) is 4.18. The maximum Gasteiger partial charge on any atom is 0.416 e. The molecule has 7 nitrogen and oxygen atoms in total. The number of nitrogens with one attached hydrogen (secondary N) is 1. The third-order valence-electron chi connectivity index (χ3n) is 6.12. The number of imidazole rings is 1. The van der Waals surface area contributed by atoms with Gasteiger partial charge in [-0.1, -0.05) is 12.5 Å². The van der Waals surface area contributed by atoms with Crippen molar-refractivity contribution in [1.82, 2.24) is 14.5 Å². The number of carbonyl (C=O) groups excluding carboxylic acids is 2. The van der Waals surface area contributed by atoms with Crippen LogP contribution in [0.3, 0.4) is 0 Å². The predicted molar refractivity (Wildman–Crippen MR) is 117 cm³/mol. The molecule has 1 fully saturated rings. The van der Waals surface area contributed by atoms with Crippen molar-refractivity contribution in [1.29, 1.82) is 0 Å². The van der Waals surface area contributed by atoms with Gasteiger partial charge < -0.3 is 19.5 Å². The van der Waals surface area contributed by atoms with Crippen LogP contribution in [0.1, 0.15) is 47.3 Å². The number of benzene rings is 1. The number of halogens is 3. The van der Waals surface area contributed by atoms with E-state index in [1.165, 1.54) is 17.0 Å². The first kappa shape index (κ1) is 24.8. The molecule has 2 amide bonds. The number of anilines is 1. The van der Waals surface area contributed by atoms with Crippen molar-refractivity contribution in [2.45, 2.75) is 51.4 Å². The number of methoxy groups -OCH3 is 1. The first-order valence-electron chi connectivity index (χ1n) is 10.9. The van der Waals surface area contributed by atoms with Crippen LogP contribution in [-0.2, 0) is 22.3 Å². The number of alkyl halides is 3. The van der Waals surface area contributed by atoms with Gasteiger partial charge in [0.1, 0.15) is 5.82 Å². The zero-order valence-corrected chi connectivity index (χ0v) is 19.0. The van der Waals surface area contributed by atoms with Gasteiger partial charge >= 0.3 is 6.18 Å². The minimum Gasteiger partial charge on any atom is -0.383 e. The number of nitrogens with zero attached hydrogens (tertiary/aromatic N) is 3. The van der Waals surface area contributed by atoms with Crippen LogP contribution in [0.4, 0.5) is 19.0 Å². The largest absolute Gasteiger partial charge is 0.416 e. The van der Waals surface area contributed by atoms with E-state index in [-0.39, 0.29) is 23.4 Å². The van der Waals surface area contributed by atoms with E-state index in [1.54, 1.807) is 20.5 Å². The zero-order valence-electron chi connectivity index (χ0n) is 19.0. The van der Waals surface area contributed by atoms with Gasteiger partial charge in [0.2, 0.25) is 5.91 Å². The van der Waals surface area contributed by atoms with Crippen molar-refractivity contribution < 1.29 is 27.5 Å². The molecule has 2 aromatic rings. The van der Waals surface area contributed by atoms with Crippen molar-refractivity contribution in [3.63, 3.8) is 0 Å². The number of aromatic nitrogens is 2. The van der Waals surface area contributed by atoms with E-state index in [1.807, 2.05) is 11.5 Å². The summed E-state index contributed by atoms with van der Waals surface area (Å²) in [5.74, 6) is -0.333. The molecule has 0 aliphatic heterocycles. The molecule has 0 radical (unpaired) electrons. The average Bonchev–Trinajstić information content (AvgIpc) is 3.15. The summed E-state index contributed by atoms with van der Waals surface area (Å²) in [6, 6.07) is 4.18. The Balaban J connectivity index is 1.67. The number of ether oxygens (including phenoxy) is 1. The summed E-state index contributed by atoms with van der Waals surface area (Å²) in [4.78, 5) is 31.6. The van der Waals surface area contributed by atoms with Gasteiger partial charge in [-0.2, -0.15) is 13.2 Å². The third kappa shape index (κ3) is 5.93. The number of aryl methyl sites for hydroxylation is 1. The summed E-state index contributed by atoms with van der Waals surface area (Å²) in [5.41, 5.74) is -0.177. The Hall–Kier alpha value is -2.88. The normalized spacial score (nSPS) is 18.7. The molecule has 33 heavy (non-hydrogen) atoms. The number of rotatable bonds is 7. The van der Waals surface area contributed by atoms with E-state index in [0.717, 1.165) is 18.6 Å². The highest BCUT2D eigenvalue weighted by Crippen LogP contribution is 2.32. The van der Waals surface area contributed by atoms with Crippen LogP contribution in [0.2, 0.25) is 0 Å². The van der Waals surface area contributed by atoms with Gasteiger partial charge in [-0.25, -0.2) is 4.98 Å². The second kappa shape index (κ2) is 10.4. The summed E-state index contributed by atoms with van der Waals surface area (Å²) in [5, 5.41) is 2.96. The summed E-state index contributed by atoms with van der Waals surface area (Å²) >= 11 is 0. The average molecular weight is 467 g/mol. The molecule has 180 valence electrons. The van der Waals surface area contributed by atoms with Crippen molar-refractivity contribution in [3.05, 3.63) is 47.4 Å². The smallest absolute Gasteiger partial charge is 0.383 e. The van der Waals surface area contributed by atoms with Gasteiger partial charge in [0.15, 0.2) is 0 Å². The molecule has 0 spiro atoms. The third-order valence-corrected chi connectivity index (χ3v) is 6.12. The molecule has 1 N–H and O–H groups in total. The van der Waals surface area contributed by atoms with Gasteiger partial charge in [-0.3, -0.25) is 9.59 Å². The predicted octanol–water partition coefficient (Wildman–Crippen LogP) is 4.13. The Morgan fingerprint density at radius 2 is 2.06 bits per heavy atom. The van der Waals surface area contributed by atoms with Gasteiger partial charge in [-0.15, -0.1) is 0 Å². The van der Waals surface area contributed by atoms with Crippen LogP contribution in [0.15, 0.2) is 30.6 Å². The number of hydrogen-bond acceptors (Lipinski definition) is 4. The van der Waals surface area contributed by atoms with Crippen LogP contribution in [0.5, 0.6) is 0 Å². The van der Waals surface area contributed by atoms with Crippen LogP contribution in [0, 0.1) is 12.8 Å². The Morgan fingerprint density at radius 1 is 1.30 bits per heavy atom. The van der Waals surface area contributed by atoms with Gasteiger partial charge in [0, 0.05) is 38.2 Å². The Kier molecular flexibility index (Phi) is 7.78. The Bertz CT molecular complexity index is 990. The second-order valence-corrected chi connectivity index (χ2v) is 8.37. The standard InChI is InChI=1S/C23H29F3N4O3/c1-15-20(30(14-27-15)10-11-33-3)28-21(31)16-6-5-9-19(13-16)29(2)22(32)17-7-4-8-18(12-17)23(24,25)26/h4,7-8,12,14,16,19H,5-6,9-11,13H2,1-3H3,(H,28,31)/t16-,19+/m1/s1. The number of carbonyl (C=O) groups is 2. The Morgan fingerprint density at radius 3 is 2.76 bits per heavy atom. The van der Waals surface area contributed by atoms with Crippen LogP contribution < -0.4 is 5.32 Å². The molecule has 1 aliphatic carbocycles. The van der Waals surface area contributed by atoms with E-state index in [2.05, 4.69) is 10.3 Å². The van der Waals surface area contributed by atoms with E-state index in [9.17, 15) is 22.8 Å². The molecule has 1 aromatic carbocycles. The van der Waals surface area contributed by atoms with Crippen molar-refractivity contribution in [2.75, 3.05) is 26.1 Å². The maximum absolute atomic E-state index is 13.0. The van der Waals surface area contributed by atoms with Crippen LogP contribution in [-0.4, -0.2) is 53.1 Å². The lowest BCUT2D eigenvalue weighted by atomic mass is 9.84. The summed E-state index contributed by atoms with van der Waals surface area (Å²) in [6.45, 7) is 2.84. The van der Waals surface area contributed by atoms with Crippen LogP contribution >= 0.6 is 0 Å². The molecular formula is C23H29F3N4O3. The lowest BCUT2D eigenvalue weighted by Crippen LogP contribution is -2.42. The topological polar surface area (TPSA) is 76.5 Å². The van der Waals surface area contributed by atoms with E-state index >= 15 is 0 Å². The molecule has 1 heterocycles. The molecule has 0 saturated heterocycles. The van der Waals surface area contributed by atoms with E-state index in [4.69, 9.17) is 4.74 Å². The molecular weight excluding hydrogens is 437 g/mol. The highest BCUT2D eigenvalue weighted by atomic mass is 19.4. The number of hydrogen-bond donors (Lipinski definition) is 1. The lowest BCUT2D eigenvalue weighted by molar-refractivity contribution is -0.137.